The van der Waals surface area contributed by atoms with Crippen LogP contribution in [0.15, 0.2) is 298 Å². The Balaban J connectivity index is 0.000000442. The smallest absolute Gasteiger partial charge is 0.296 e. The first kappa shape index (κ1) is 130. The molecule has 0 saturated heterocycles. The van der Waals surface area contributed by atoms with Crippen LogP contribution in [0.5, 0.6) is 5.75 Å². The molecule has 0 atom stereocenters. The van der Waals surface area contributed by atoms with Gasteiger partial charge in [-0.15, -0.1) is 0 Å². The van der Waals surface area contributed by atoms with Crippen molar-refractivity contribution in [3.05, 3.63) is 335 Å². The third-order valence-electron chi connectivity index (χ3n) is 22.4. The number of hydrogen-bond donors (Lipinski definition) is 9. The van der Waals surface area contributed by atoms with Gasteiger partial charge in [-0.3, -0.25) is 49.6 Å². The number of nitrogen functional groups attached to an aromatic ring is 2. The van der Waals surface area contributed by atoms with Gasteiger partial charge in [0.2, 0.25) is 0 Å². The van der Waals surface area contributed by atoms with E-state index in [0.717, 1.165) is 121 Å². The van der Waals surface area contributed by atoms with Gasteiger partial charge in [0, 0.05) is 366 Å². The van der Waals surface area contributed by atoms with Crippen LogP contribution >= 0.6 is 0 Å². The first-order chi connectivity index (χ1) is 66.7. The van der Waals surface area contributed by atoms with E-state index in [1.807, 2.05) is 162 Å². The summed E-state index contributed by atoms with van der Waals surface area (Å²) in [5.41, 5.74) is 30.4. The van der Waals surface area contributed by atoms with Gasteiger partial charge in [-0.25, -0.2) is 18.3 Å². The van der Waals surface area contributed by atoms with Gasteiger partial charge in [0.05, 0.1) is 88.3 Å². The molecule has 0 amide bonds. The summed E-state index contributed by atoms with van der Waals surface area (Å²) >= 11 is 0. The Kier molecular flexibility index (Phi) is 63.5. The number of hydrogen-bond acceptors (Lipinski definition) is 22. The number of unbranched alkanes of at least 4 members (excludes halogenated alkanes) is 10. The van der Waals surface area contributed by atoms with Gasteiger partial charge in [-0.2, -0.15) is 37.2 Å². The van der Waals surface area contributed by atoms with E-state index in [1.165, 1.54) is 88.4 Å². The molecule has 0 bridgehead atoms. The minimum absolute atomic E-state index is 0. The molecule has 12 aromatic rings. The Morgan fingerprint density at radius 1 is 0.347 bits per heavy atom. The van der Waals surface area contributed by atoms with Crippen LogP contribution in [-0.4, -0.2) is 115 Å². The van der Waals surface area contributed by atoms with Crippen molar-refractivity contribution < 1.29 is 264 Å². The number of nitrogens with zero attached hydrogens (tertiary/aromatic N) is 10. The second-order valence-electron chi connectivity index (χ2n) is 33.1. The second kappa shape index (κ2) is 70.2. The Hall–Kier alpha value is -7.84. The number of anilines is 9. The summed E-state index contributed by atoms with van der Waals surface area (Å²) in [5, 5.41) is 25.1. The molecule has 0 saturated carbocycles. The number of nitrogens with one attached hydrogen (secondary N) is 5. The van der Waals surface area contributed by atoms with Crippen molar-refractivity contribution in [1.29, 1.82) is 0 Å². The van der Waals surface area contributed by atoms with E-state index in [1.54, 1.807) is 43.5 Å². The van der Waals surface area contributed by atoms with Crippen molar-refractivity contribution >= 4 is 119 Å². The van der Waals surface area contributed by atoms with Crippen molar-refractivity contribution in [2.45, 2.75) is 180 Å². The Morgan fingerprint density at radius 2 is 0.639 bits per heavy atom. The fourth-order valence-electron chi connectivity index (χ4n) is 14.5. The molecule has 2 aliphatic carbocycles. The van der Waals surface area contributed by atoms with Gasteiger partial charge in [0.1, 0.15) is 41.7 Å². The first-order valence-corrected chi connectivity index (χ1v) is 50.0. The molecule has 0 spiro atoms. The number of nitrogens with two attached hydrogens (primary N) is 2. The standard InChI is InChI=1S/C19H26N4.C19H20N2O5S.C18H23N3O.C18H18N2O5S.C17H22N3.C17H21N3.6Y/c1-4-5-6-13-23-14-11-17(12-15-23)16-20-21-18-7-9-19(10-8-18)22(2)3;1-2-3-6-9-21-13-10-14(27(24,25)26)17(20)16-15(13)18(22)11-7-4-5-8-12(11)19(16)23;1-3-4-5-12-21-13-10-16(11-14-21)15-19-20-17-6-8-18(22-2)9-7-17;1-2-3-8-20-12-9-13(26(23,24)25)16(19)15-14(12)17(21)10-6-4-5-7-11(10)18(15)22;1-3-4-12-20-13-10-16(11-14-20)15-18-19(2)17-8-6-5-7-9-17;1-2-3-7-12-20-13-10-16(11-14-20)15-18-19-17-8-5-4-6-9-17;;;;;;/h7-12,14-16H,4-6,13H2,1-3H3;4-5,7-8,10,21H,2-3,6,9,20H2,1H3,(H,24,25,26);6-11,13-15H,3-5,12H2,1-2H3;4-7,9,20H,2-3,8,19H2,1H3,(H,23,24,25);5-11,13-15H,3-4,12H2,1-2H3;4-6,8-11,13-15H,2-3,7,12H2,1H3;;;;;;/q;;;;+1;;;;;;;/p+3. The van der Waals surface area contributed by atoms with Crippen LogP contribution in [0.1, 0.15) is 230 Å². The van der Waals surface area contributed by atoms with Crippen LogP contribution < -0.4 is 71.3 Å². The van der Waals surface area contributed by atoms with E-state index in [2.05, 4.69) is 208 Å². The molecule has 0 aliphatic heterocycles. The molecule has 4 heterocycles. The van der Waals surface area contributed by atoms with E-state index < -0.39 is 64.5 Å². The molecule has 2 aliphatic rings. The first-order valence-electron chi connectivity index (χ1n) is 47.1. The fourth-order valence-corrected chi connectivity index (χ4v) is 15.8. The summed E-state index contributed by atoms with van der Waals surface area (Å²) in [6.45, 7) is 18.2. The molecule has 0 fully saturated rings. The SMILES string of the molecule is CCCCCNc1cc(S(=O)(=O)O)c(N)c2c1C(=O)c1ccccc1C2=O.CCCCC[n+]1ccc(/C=N/Nc2ccc(N(C)C)cc2)cc1.CCCCC[n+]1ccc(/C=N/Nc2ccc(OC)cc2)cc1.CCCCC[n+]1ccc(/C=N/Nc2ccccc2)cc1.CCCCNc1cc(S(=O)(=O)O)c(N)c2c1C(=O)c1ccccc1C2=O.CCCC[n+]1ccc(/C=N/N(C)c2ccccc2)cc1.[Y].[Y].[Y].[Y].[Y].[Y]. The number of ether oxygens (including phenoxy) is 1. The number of pyridine rings is 4. The number of carbonyl (C=O) groups excluding carboxylic acids is 4. The van der Waals surface area contributed by atoms with Crippen LogP contribution in [0.25, 0.3) is 0 Å². The molecule has 28 nitrogen and oxygen atoms in total. The largest absolute Gasteiger partial charge is 0.497 e. The van der Waals surface area contributed by atoms with Gasteiger partial charge >= 0.3 is 0 Å². The van der Waals surface area contributed by atoms with E-state index in [0.29, 0.717) is 13.1 Å². The van der Waals surface area contributed by atoms with Crippen LogP contribution in [0.4, 0.5) is 51.2 Å². The molecule has 4 aromatic heterocycles. The number of fused-ring (bicyclic) bond motifs is 4. The number of para-hydroxylation sites is 2. The van der Waals surface area contributed by atoms with Crippen LogP contribution in [0.3, 0.4) is 0 Å². The Morgan fingerprint density at radius 3 is 0.965 bits per heavy atom. The number of carbonyl (C=O) groups is 4. The van der Waals surface area contributed by atoms with E-state index in [9.17, 15) is 45.1 Å². The van der Waals surface area contributed by atoms with Crippen molar-refractivity contribution in [3.8, 4) is 5.75 Å². The molecular formula is C108H133N17O11S2Y6+4. The van der Waals surface area contributed by atoms with Gasteiger partial charge < -0.3 is 31.7 Å². The number of rotatable bonds is 40. The Bertz CT molecular complexity index is 6290. The zero-order valence-corrected chi connectivity index (χ0v) is 103. The molecule has 144 heavy (non-hydrogen) atoms. The minimum Gasteiger partial charge on any atom is -0.497 e. The van der Waals surface area contributed by atoms with E-state index >= 15 is 0 Å². The average molecular weight is 2440 g/mol. The maximum Gasteiger partial charge on any atom is 0.296 e. The molecule has 36 heteroatoms. The molecule has 8 aromatic carbocycles. The topological polar surface area (TPSA) is 370 Å². The maximum absolute atomic E-state index is 13.0. The summed E-state index contributed by atoms with van der Waals surface area (Å²) in [4.78, 5) is 52.7. The molecule has 6 radical (unpaired) electrons. The summed E-state index contributed by atoms with van der Waals surface area (Å²) in [5.74, 6) is -1.07. The summed E-state index contributed by atoms with van der Waals surface area (Å²) < 4.78 is 79.9. The predicted molar refractivity (Wildman–Crippen MR) is 556 cm³/mol. The minimum atomic E-state index is -4.67. The van der Waals surface area contributed by atoms with Crippen molar-refractivity contribution in [2.75, 3.05) is 89.6 Å². The monoisotopic (exact) mass is 2440 g/mol. The number of hydrazone groups is 4. The van der Waals surface area contributed by atoms with Crippen molar-refractivity contribution in [2.24, 2.45) is 20.4 Å². The Labute approximate surface area is 1000 Å². The van der Waals surface area contributed by atoms with E-state index in [-0.39, 0.29) is 252 Å². The molecule has 11 N–H and O–H groups in total. The predicted octanol–water partition coefficient (Wildman–Crippen LogP) is 19.5. The summed E-state index contributed by atoms with van der Waals surface area (Å²) in [6, 6.07) is 67.4. The zero-order valence-electron chi connectivity index (χ0n) is 84.2. The summed E-state index contributed by atoms with van der Waals surface area (Å²) in [6.07, 6.45) is 42.4. The van der Waals surface area contributed by atoms with Crippen LogP contribution in [0.2, 0.25) is 0 Å². The molecular weight excluding hydrogens is 2310 g/mol. The third-order valence-corrected chi connectivity index (χ3v) is 24.2. The van der Waals surface area contributed by atoms with Gasteiger partial charge in [-0.05, 0) is 117 Å². The van der Waals surface area contributed by atoms with Crippen LogP contribution in [-0.2, 0) is 243 Å². The quantitative estimate of drug-likeness (QED) is 0.00430. The van der Waals surface area contributed by atoms with Crippen molar-refractivity contribution in [3.63, 3.8) is 0 Å². The van der Waals surface area contributed by atoms with Gasteiger partial charge in [0.25, 0.3) is 20.2 Å². The normalized spacial score (nSPS) is 11.3. The number of methoxy groups -OCH3 is 1. The van der Waals surface area contributed by atoms with E-state index in [4.69, 9.17) is 16.2 Å². The van der Waals surface area contributed by atoms with Crippen LogP contribution in [0, 0.1) is 0 Å². The number of benzene rings is 8. The van der Waals surface area contributed by atoms with Gasteiger partial charge in [-0.1, -0.05) is 171 Å². The zero-order chi connectivity index (χ0) is 99.2. The maximum atomic E-state index is 13.0. The number of aryl methyl sites for hydroxylation is 4. The molecule has 0 unspecified atom stereocenters. The average Bonchev–Trinajstić information content (AvgIpc) is 0.734. The third kappa shape index (κ3) is 42.3. The fraction of sp³-hybridized carbons (Fsp3) is 0.296. The van der Waals surface area contributed by atoms with Crippen molar-refractivity contribution in [1.82, 2.24) is 0 Å². The van der Waals surface area contributed by atoms with Gasteiger partial charge in [0.15, 0.2) is 72.7 Å². The number of aromatic nitrogens is 4. The number of ketones is 4. The second-order valence-corrected chi connectivity index (χ2v) is 35.9. The summed E-state index contributed by atoms with van der Waals surface area (Å²) in [7, 11) is -1.66. The molecule has 742 valence electrons. The molecule has 14 rings (SSSR count).